The first-order valence-electron chi connectivity index (χ1n) is 8.11. The highest BCUT2D eigenvalue weighted by Crippen LogP contribution is 2.30. The summed E-state index contributed by atoms with van der Waals surface area (Å²) in [6.45, 7) is 2.04. The van der Waals surface area contributed by atoms with Gasteiger partial charge in [0.25, 0.3) is 5.91 Å². The number of hydrogen-bond donors (Lipinski definition) is 3. The Labute approximate surface area is 144 Å². The molecule has 1 rings (SSSR count). The van der Waals surface area contributed by atoms with Gasteiger partial charge in [-0.3, -0.25) is 9.59 Å². The number of alkyl halides is 3. The van der Waals surface area contributed by atoms with Gasteiger partial charge in [0.15, 0.2) is 6.10 Å². The van der Waals surface area contributed by atoms with Crippen molar-refractivity contribution in [1.82, 2.24) is 5.32 Å². The number of aliphatic hydroxyl groups is 1. The molecule has 1 aromatic carbocycles. The van der Waals surface area contributed by atoms with Crippen LogP contribution in [-0.2, 0) is 15.8 Å². The lowest BCUT2D eigenvalue weighted by Crippen LogP contribution is -2.46. The van der Waals surface area contributed by atoms with Crippen LogP contribution >= 0.6 is 0 Å². The Morgan fingerprint density at radius 3 is 2.24 bits per heavy atom. The smallest absolute Gasteiger partial charge is 0.378 e. The van der Waals surface area contributed by atoms with Crippen molar-refractivity contribution in [3.63, 3.8) is 0 Å². The van der Waals surface area contributed by atoms with Gasteiger partial charge in [-0.05, 0) is 24.1 Å². The average molecular weight is 360 g/mol. The molecule has 0 saturated heterocycles. The van der Waals surface area contributed by atoms with Crippen molar-refractivity contribution >= 4 is 11.8 Å². The quantitative estimate of drug-likeness (QED) is 0.591. The molecule has 0 aliphatic rings. The van der Waals surface area contributed by atoms with E-state index in [-0.39, 0.29) is 5.56 Å². The fourth-order valence-electron chi connectivity index (χ4n) is 2.32. The molecule has 0 aliphatic heterocycles. The van der Waals surface area contributed by atoms with Gasteiger partial charge < -0.3 is 16.2 Å². The van der Waals surface area contributed by atoms with Crippen LogP contribution < -0.4 is 11.1 Å². The van der Waals surface area contributed by atoms with E-state index in [1.807, 2.05) is 6.92 Å². The molecule has 2 amide bonds. The van der Waals surface area contributed by atoms with E-state index in [0.29, 0.717) is 12.8 Å². The number of primary amides is 1. The second-order valence-corrected chi connectivity index (χ2v) is 5.84. The van der Waals surface area contributed by atoms with Gasteiger partial charge in [0.1, 0.15) is 6.04 Å². The van der Waals surface area contributed by atoms with Crippen LogP contribution in [0.5, 0.6) is 0 Å². The van der Waals surface area contributed by atoms with Crippen molar-refractivity contribution < 1.29 is 27.9 Å². The number of halogens is 3. The maximum absolute atomic E-state index is 12.5. The van der Waals surface area contributed by atoms with Gasteiger partial charge >= 0.3 is 6.18 Å². The van der Waals surface area contributed by atoms with Gasteiger partial charge in [-0.25, -0.2) is 0 Å². The minimum Gasteiger partial charge on any atom is -0.378 e. The summed E-state index contributed by atoms with van der Waals surface area (Å²) in [5, 5.41) is 12.3. The van der Waals surface area contributed by atoms with Crippen molar-refractivity contribution in [3.05, 3.63) is 35.4 Å². The third-order valence-electron chi connectivity index (χ3n) is 3.81. The molecule has 0 heterocycles. The third kappa shape index (κ3) is 6.74. The first kappa shape index (κ1) is 21.0. The van der Waals surface area contributed by atoms with Crippen molar-refractivity contribution in [2.45, 2.75) is 57.3 Å². The first-order valence-corrected chi connectivity index (χ1v) is 8.11. The fraction of sp³-hybridized carbons (Fsp3) is 0.529. The second kappa shape index (κ2) is 9.41. The maximum atomic E-state index is 12.5. The summed E-state index contributed by atoms with van der Waals surface area (Å²) in [7, 11) is 0. The molecule has 0 fully saturated rings. The molecule has 4 N–H and O–H groups in total. The van der Waals surface area contributed by atoms with Crippen LogP contribution in [0.15, 0.2) is 24.3 Å². The summed E-state index contributed by atoms with van der Waals surface area (Å²) in [6, 6.07) is 2.68. The van der Waals surface area contributed by atoms with Gasteiger partial charge in [-0.2, -0.15) is 13.2 Å². The van der Waals surface area contributed by atoms with Crippen molar-refractivity contribution in [2.75, 3.05) is 0 Å². The monoisotopic (exact) mass is 360 g/mol. The normalized spacial score (nSPS) is 14.0. The van der Waals surface area contributed by atoms with Gasteiger partial charge in [0.05, 0.1) is 5.56 Å². The van der Waals surface area contributed by atoms with Gasteiger partial charge in [-0.15, -0.1) is 0 Å². The fourth-order valence-corrected chi connectivity index (χ4v) is 2.32. The minimum absolute atomic E-state index is 0.000275. The zero-order chi connectivity index (χ0) is 19.0. The molecule has 0 aromatic heterocycles. The molecule has 5 nitrogen and oxygen atoms in total. The van der Waals surface area contributed by atoms with Gasteiger partial charge in [-0.1, -0.05) is 44.7 Å². The number of amides is 2. The Balaban J connectivity index is 2.68. The van der Waals surface area contributed by atoms with Crippen molar-refractivity contribution in [3.8, 4) is 0 Å². The Hall–Kier alpha value is -2.09. The zero-order valence-corrected chi connectivity index (χ0v) is 14.0. The van der Waals surface area contributed by atoms with E-state index in [4.69, 9.17) is 5.73 Å². The van der Waals surface area contributed by atoms with E-state index in [9.17, 15) is 27.9 Å². The predicted octanol–water partition coefficient (Wildman–Crippen LogP) is 2.68. The summed E-state index contributed by atoms with van der Waals surface area (Å²) in [5.74, 6) is -1.59. The molecule has 2 atom stereocenters. The number of carbonyl (C=O) groups is 2. The van der Waals surface area contributed by atoms with Crippen LogP contribution in [0.2, 0.25) is 0 Å². The summed E-state index contributed by atoms with van der Waals surface area (Å²) in [5.41, 5.74) is 4.37. The summed E-state index contributed by atoms with van der Waals surface area (Å²) in [4.78, 5) is 23.5. The van der Waals surface area contributed by atoms with Crippen LogP contribution in [-0.4, -0.2) is 23.0 Å². The molecule has 0 spiro atoms. The lowest BCUT2D eigenvalue weighted by molar-refractivity contribution is -0.137. The summed E-state index contributed by atoms with van der Waals surface area (Å²) in [6.07, 6.45) is -2.24. The Kier molecular flexibility index (Phi) is 7.89. The molecule has 0 saturated carbocycles. The predicted molar refractivity (Wildman–Crippen MR) is 86.3 cm³/mol. The molecular formula is C17H23F3N2O3. The number of nitrogens with one attached hydrogen (secondary N) is 1. The number of benzene rings is 1. The number of aliphatic hydroxyl groups excluding tert-OH is 1. The van der Waals surface area contributed by atoms with Gasteiger partial charge in [0.2, 0.25) is 5.91 Å². The number of carbonyl (C=O) groups excluding carboxylic acids is 2. The highest BCUT2D eigenvalue weighted by Gasteiger charge is 2.31. The Morgan fingerprint density at radius 1 is 1.16 bits per heavy atom. The Morgan fingerprint density at radius 2 is 1.76 bits per heavy atom. The van der Waals surface area contributed by atoms with Crippen molar-refractivity contribution in [2.24, 2.45) is 5.73 Å². The van der Waals surface area contributed by atoms with E-state index in [1.54, 1.807) is 0 Å². The third-order valence-corrected chi connectivity index (χ3v) is 3.81. The number of rotatable bonds is 9. The number of nitrogens with two attached hydrogens (primary N) is 1. The highest BCUT2D eigenvalue weighted by atomic mass is 19.4. The molecule has 25 heavy (non-hydrogen) atoms. The standard InChI is InChI=1S/C17H23F3N2O3/c1-2-3-4-5-6-13(15(21)24)22-16(25)14(23)11-7-9-12(10-8-11)17(18,19)20/h7-10,13-14,23H,2-6H2,1H3,(H2,21,24)(H,22,25)/t13-,14-/m1/s1. The van der Waals surface area contributed by atoms with Crippen LogP contribution in [0.3, 0.4) is 0 Å². The molecule has 1 aromatic rings. The van der Waals surface area contributed by atoms with E-state index in [0.717, 1.165) is 43.5 Å². The SMILES string of the molecule is CCCCCC[C@@H](NC(=O)[C@H](O)c1ccc(C(F)(F)F)cc1)C(N)=O. The topological polar surface area (TPSA) is 92.4 Å². The van der Waals surface area contributed by atoms with E-state index < -0.39 is 35.7 Å². The lowest BCUT2D eigenvalue weighted by Gasteiger charge is -2.18. The van der Waals surface area contributed by atoms with Gasteiger partial charge in [0, 0.05) is 0 Å². The number of hydrogen-bond acceptors (Lipinski definition) is 3. The first-order chi connectivity index (χ1) is 11.7. The van der Waals surface area contributed by atoms with Crippen LogP contribution in [0.4, 0.5) is 13.2 Å². The van der Waals surface area contributed by atoms with E-state index in [1.165, 1.54) is 0 Å². The van der Waals surface area contributed by atoms with E-state index in [2.05, 4.69) is 5.32 Å². The lowest BCUT2D eigenvalue weighted by atomic mass is 10.0. The van der Waals surface area contributed by atoms with Crippen molar-refractivity contribution in [1.29, 1.82) is 0 Å². The number of unbranched alkanes of at least 4 members (excludes halogenated alkanes) is 3. The molecule has 0 aliphatic carbocycles. The highest BCUT2D eigenvalue weighted by molar-refractivity contribution is 5.88. The average Bonchev–Trinajstić information content (AvgIpc) is 2.55. The minimum atomic E-state index is -4.50. The zero-order valence-electron chi connectivity index (χ0n) is 14.0. The Bertz CT molecular complexity index is 573. The van der Waals surface area contributed by atoms with Crippen LogP contribution in [0.25, 0.3) is 0 Å². The van der Waals surface area contributed by atoms with Crippen LogP contribution in [0, 0.1) is 0 Å². The molecule has 140 valence electrons. The summed E-state index contributed by atoms with van der Waals surface area (Å²) < 4.78 is 37.6. The molecule has 0 radical (unpaired) electrons. The summed E-state index contributed by atoms with van der Waals surface area (Å²) >= 11 is 0. The van der Waals surface area contributed by atoms with Crippen LogP contribution in [0.1, 0.15) is 56.3 Å². The maximum Gasteiger partial charge on any atom is 0.416 e. The second-order valence-electron chi connectivity index (χ2n) is 5.84. The largest absolute Gasteiger partial charge is 0.416 e. The molecular weight excluding hydrogens is 337 g/mol. The van der Waals surface area contributed by atoms with E-state index >= 15 is 0 Å². The molecule has 0 bridgehead atoms. The molecule has 8 heteroatoms. The molecule has 0 unspecified atom stereocenters.